The summed E-state index contributed by atoms with van der Waals surface area (Å²) in [5, 5.41) is 0. The van der Waals surface area contributed by atoms with Crippen LogP contribution in [0.1, 0.15) is 23.2 Å². The van der Waals surface area contributed by atoms with E-state index in [0.717, 1.165) is 0 Å². The summed E-state index contributed by atoms with van der Waals surface area (Å²) in [6, 6.07) is 1.58. The summed E-state index contributed by atoms with van der Waals surface area (Å²) in [7, 11) is -1.96. The van der Waals surface area contributed by atoms with Gasteiger partial charge in [-0.1, -0.05) is 0 Å². The molecule has 0 bridgehead atoms. The van der Waals surface area contributed by atoms with Gasteiger partial charge in [-0.05, 0) is 6.07 Å². The number of hydrogen-bond acceptors (Lipinski definition) is 5. The third kappa shape index (κ3) is 1.97. The summed E-state index contributed by atoms with van der Waals surface area (Å²) in [5.41, 5.74) is 0.449. The Bertz CT molecular complexity index is 671. The van der Waals surface area contributed by atoms with E-state index < -0.39 is 20.5 Å². The molecule has 2 aliphatic rings. The number of carbonyl (C=O) groups excluding carboxylic acids is 2. The van der Waals surface area contributed by atoms with Gasteiger partial charge in [0.2, 0.25) is 5.91 Å². The lowest BCUT2D eigenvalue weighted by atomic mass is 10.0. The molecular formula is C13H16N2O5S. The normalized spacial score (nSPS) is 23.8. The van der Waals surface area contributed by atoms with Crippen molar-refractivity contribution in [1.82, 2.24) is 9.80 Å². The zero-order valence-corrected chi connectivity index (χ0v) is 12.4. The first-order valence-corrected chi connectivity index (χ1v) is 8.33. The SMILES string of the molecule is CN1C(=O)CS(=O)(=O)C12CCN(C(=O)c1ccoc1)CC2. The molecule has 1 spiro atoms. The van der Waals surface area contributed by atoms with Gasteiger partial charge in [0.1, 0.15) is 16.9 Å². The third-order valence-corrected chi connectivity index (χ3v) is 6.94. The molecule has 0 unspecified atom stereocenters. The molecule has 21 heavy (non-hydrogen) atoms. The van der Waals surface area contributed by atoms with Crippen LogP contribution < -0.4 is 0 Å². The van der Waals surface area contributed by atoms with E-state index in [2.05, 4.69) is 0 Å². The highest BCUT2D eigenvalue weighted by Gasteiger charge is 2.57. The molecule has 2 aliphatic heterocycles. The molecule has 8 heteroatoms. The molecule has 114 valence electrons. The molecular weight excluding hydrogens is 296 g/mol. The molecule has 0 N–H and O–H groups in total. The molecule has 7 nitrogen and oxygen atoms in total. The first-order chi connectivity index (χ1) is 9.87. The van der Waals surface area contributed by atoms with Crippen LogP contribution in [0.5, 0.6) is 0 Å². The molecule has 0 aliphatic carbocycles. The number of hydrogen-bond donors (Lipinski definition) is 0. The second kappa shape index (κ2) is 4.59. The van der Waals surface area contributed by atoms with Crippen molar-refractivity contribution in [2.24, 2.45) is 0 Å². The first-order valence-electron chi connectivity index (χ1n) is 6.68. The van der Waals surface area contributed by atoms with Crippen molar-refractivity contribution in [2.45, 2.75) is 17.7 Å². The van der Waals surface area contributed by atoms with E-state index in [1.807, 2.05) is 0 Å². The molecule has 0 aromatic carbocycles. The average molecular weight is 312 g/mol. The van der Waals surface area contributed by atoms with Gasteiger partial charge in [0, 0.05) is 33.0 Å². The van der Waals surface area contributed by atoms with Crippen molar-refractivity contribution in [3.63, 3.8) is 0 Å². The molecule has 1 aromatic heterocycles. The van der Waals surface area contributed by atoms with Gasteiger partial charge in [-0.25, -0.2) is 8.42 Å². The Hall–Kier alpha value is -1.83. The molecule has 2 fully saturated rings. The molecule has 3 heterocycles. The van der Waals surface area contributed by atoms with Gasteiger partial charge in [0.05, 0.1) is 11.8 Å². The highest BCUT2D eigenvalue weighted by molar-refractivity contribution is 7.93. The fourth-order valence-corrected chi connectivity index (χ4v) is 5.22. The Kier molecular flexibility index (Phi) is 3.09. The number of nitrogens with zero attached hydrogens (tertiary/aromatic N) is 2. The Morgan fingerprint density at radius 2 is 2.00 bits per heavy atom. The Balaban J connectivity index is 1.79. The maximum atomic E-state index is 12.3. The highest BCUT2D eigenvalue weighted by atomic mass is 32.2. The third-order valence-electron chi connectivity index (χ3n) is 4.48. The van der Waals surface area contributed by atoms with E-state index in [1.165, 1.54) is 24.5 Å². The molecule has 2 amide bonds. The minimum absolute atomic E-state index is 0.178. The van der Waals surface area contributed by atoms with Crippen LogP contribution >= 0.6 is 0 Å². The Morgan fingerprint density at radius 1 is 1.33 bits per heavy atom. The van der Waals surface area contributed by atoms with Crippen molar-refractivity contribution in [2.75, 3.05) is 25.9 Å². The van der Waals surface area contributed by atoms with Gasteiger partial charge in [-0.3, -0.25) is 9.59 Å². The summed E-state index contributed by atoms with van der Waals surface area (Å²) in [6.45, 7) is 0.613. The zero-order valence-electron chi connectivity index (χ0n) is 11.6. The number of carbonyl (C=O) groups is 2. The van der Waals surface area contributed by atoms with E-state index in [0.29, 0.717) is 18.7 Å². The van der Waals surface area contributed by atoms with E-state index in [4.69, 9.17) is 4.42 Å². The number of amides is 2. The van der Waals surface area contributed by atoms with Gasteiger partial charge in [0.25, 0.3) is 5.91 Å². The minimum Gasteiger partial charge on any atom is -0.472 e. The predicted octanol–water partition coefficient (Wildman–Crippen LogP) is 0.0987. The summed E-state index contributed by atoms with van der Waals surface area (Å²) in [6.07, 6.45) is 3.30. The second-order valence-corrected chi connectivity index (χ2v) is 7.74. The van der Waals surface area contributed by atoms with Crippen LogP contribution in [0.15, 0.2) is 23.0 Å². The number of piperidine rings is 1. The maximum Gasteiger partial charge on any atom is 0.257 e. The number of likely N-dealkylation sites (tertiary alicyclic amines) is 1. The molecule has 0 radical (unpaired) electrons. The van der Waals surface area contributed by atoms with Gasteiger partial charge >= 0.3 is 0 Å². The molecule has 1 aromatic rings. The average Bonchev–Trinajstić information content (AvgIpc) is 3.03. The van der Waals surface area contributed by atoms with Crippen LogP contribution in [-0.4, -0.2) is 60.8 Å². The fraction of sp³-hybridized carbons (Fsp3) is 0.538. The van der Waals surface area contributed by atoms with Crippen molar-refractivity contribution >= 4 is 21.7 Å². The lowest BCUT2D eigenvalue weighted by Crippen LogP contribution is -2.55. The number of furan rings is 1. The van der Waals surface area contributed by atoms with Gasteiger partial charge in [0.15, 0.2) is 9.84 Å². The molecule has 2 saturated heterocycles. The smallest absolute Gasteiger partial charge is 0.257 e. The van der Waals surface area contributed by atoms with E-state index >= 15 is 0 Å². The second-order valence-electron chi connectivity index (χ2n) is 5.46. The fourth-order valence-electron chi connectivity index (χ4n) is 3.10. The summed E-state index contributed by atoms with van der Waals surface area (Å²) in [5.74, 6) is -0.980. The number of sulfone groups is 1. The monoisotopic (exact) mass is 312 g/mol. The Labute approximate surface area is 122 Å². The van der Waals surface area contributed by atoms with Gasteiger partial charge < -0.3 is 14.2 Å². The van der Waals surface area contributed by atoms with Crippen LogP contribution in [0, 0.1) is 0 Å². The molecule has 3 rings (SSSR count). The lowest BCUT2D eigenvalue weighted by Gasteiger charge is -2.41. The van der Waals surface area contributed by atoms with Crippen LogP contribution in [0.2, 0.25) is 0 Å². The highest BCUT2D eigenvalue weighted by Crippen LogP contribution is 2.38. The zero-order chi connectivity index (χ0) is 15.3. The largest absolute Gasteiger partial charge is 0.472 e. The van der Waals surface area contributed by atoms with E-state index in [9.17, 15) is 18.0 Å². The Morgan fingerprint density at radius 3 is 2.48 bits per heavy atom. The molecule has 0 saturated carbocycles. The summed E-state index contributed by atoms with van der Waals surface area (Å²) in [4.78, 5) is 25.7. The van der Waals surface area contributed by atoms with Crippen LogP contribution in [-0.2, 0) is 14.6 Å². The van der Waals surface area contributed by atoms with Crippen molar-refractivity contribution in [3.8, 4) is 0 Å². The van der Waals surface area contributed by atoms with Crippen molar-refractivity contribution < 1.29 is 22.4 Å². The first kappa shape index (κ1) is 14.1. The van der Waals surface area contributed by atoms with Crippen molar-refractivity contribution in [3.05, 3.63) is 24.2 Å². The molecule has 0 atom stereocenters. The van der Waals surface area contributed by atoms with Gasteiger partial charge in [-0.15, -0.1) is 0 Å². The quantitative estimate of drug-likeness (QED) is 0.734. The van der Waals surface area contributed by atoms with Crippen LogP contribution in [0.3, 0.4) is 0 Å². The maximum absolute atomic E-state index is 12.3. The summed E-state index contributed by atoms with van der Waals surface area (Å²) < 4.78 is 29.5. The van der Waals surface area contributed by atoms with Crippen LogP contribution in [0.4, 0.5) is 0 Å². The predicted molar refractivity (Wildman–Crippen MR) is 73.1 cm³/mol. The van der Waals surface area contributed by atoms with Crippen LogP contribution in [0.25, 0.3) is 0 Å². The van der Waals surface area contributed by atoms with Crippen molar-refractivity contribution in [1.29, 1.82) is 0 Å². The summed E-state index contributed by atoms with van der Waals surface area (Å²) >= 11 is 0. The van der Waals surface area contributed by atoms with Gasteiger partial charge in [-0.2, -0.15) is 0 Å². The lowest BCUT2D eigenvalue weighted by molar-refractivity contribution is -0.129. The minimum atomic E-state index is -3.49. The standard InChI is InChI=1S/C13H16N2O5S/c1-14-11(16)9-21(18,19)13(14)3-5-15(6-4-13)12(17)10-2-7-20-8-10/h2,7-8H,3-6,9H2,1H3. The number of rotatable bonds is 1. The van der Waals surface area contributed by atoms with E-state index in [1.54, 1.807) is 11.0 Å². The van der Waals surface area contributed by atoms with E-state index in [-0.39, 0.29) is 24.7 Å². The topological polar surface area (TPSA) is 87.9 Å².